The molecular formula is C24H22Cl2FN3O3. The van der Waals surface area contributed by atoms with E-state index in [-0.39, 0.29) is 23.7 Å². The van der Waals surface area contributed by atoms with Gasteiger partial charge < -0.3 is 20.3 Å². The summed E-state index contributed by atoms with van der Waals surface area (Å²) in [4.78, 5) is 26.9. The van der Waals surface area contributed by atoms with Crippen LogP contribution in [0.3, 0.4) is 0 Å². The van der Waals surface area contributed by atoms with E-state index in [1.807, 2.05) is 6.92 Å². The minimum atomic E-state index is -0.435. The number of nitrogens with one attached hydrogen (secondary N) is 2. The lowest BCUT2D eigenvalue weighted by atomic mass is 10.1. The number of nitrogens with zero attached hydrogens (tertiary/aromatic N) is 1. The Morgan fingerprint density at radius 2 is 1.70 bits per heavy atom. The predicted octanol–water partition coefficient (Wildman–Crippen LogP) is 6.00. The highest BCUT2D eigenvalue weighted by Gasteiger charge is 2.20. The fraction of sp³-hybridized carbons (Fsp3) is 0.167. The molecule has 2 N–H and O–H groups in total. The van der Waals surface area contributed by atoms with E-state index in [0.717, 1.165) is 0 Å². The Kier molecular flexibility index (Phi) is 8.52. The summed E-state index contributed by atoms with van der Waals surface area (Å²) in [5.41, 5.74) is 1.29. The number of carbonyl (C=O) groups is 2. The van der Waals surface area contributed by atoms with Crippen molar-refractivity contribution in [2.45, 2.75) is 6.92 Å². The first kappa shape index (κ1) is 24.4. The topological polar surface area (TPSA) is 70.7 Å². The molecule has 0 radical (unpaired) electrons. The van der Waals surface area contributed by atoms with Gasteiger partial charge in [0.1, 0.15) is 11.6 Å². The lowest BCUT2D eigenvalue weighted by Gasteiger charge is -2.24. The Balaban J connectivity index is 1.66. The highest BCUT2D eigenvalue weighted by atomic mass is 35.5. The summed E-state index contributed by atoms with van der Waals surface area (Å²) in [6, 6.07) is 16.6. The second-order valence-electron chi connectivity index (χ2n) is 6.90. The zero-order chi connectivity index (χ0) is 23.8. The standard InChI is InChI=1S/C24H22Cl2FN3O3/c1-2-33-20-10-6-18(7-11-20)29-24(32)28-13-14-30(19-8-4-17(27)5-9-19)23(31)21-12-3-16(25)15-22(21)26/h3-12,15H,2,13-14H2,1H3,(H2,28,29,32). The van der Waals surface area contributed by atoms with E-state index >= 15 is 0 Å². The zero-order valence-electron chi connectivity index (χ0n) is 17.8. The van der Waals surface area contributed by atoms with Gasteiger partial charge in [-0.2, -0.15) is 0 Å². The van der Waals surface area contributed by atoms with Crippen molar-refractivity contribution in [1.82, 2.24) is 5.32 Å². The van der Waals surface area contributed by atoms with Crippen LogP contribution in [0.15, 0.2) is 66.7 Å². The molecule has 0 aliphatic carbocycles. The van der Waals surface area contributed by atoms with Crippen LogP contribution in [0.1, 0.15) is 17.3 Å². The average Bonchev–Trinajstić information content (AvgIpc) is 2.79. The highest BCUT2D eigenvalue weighted by molar-refractivity contribution is 6.37. The minimum Gasteiger partial charge on any atom is -0.494 e. The molecular weight excluding hydrogens is 468 g/mol. The van der Waals surface area contributed by atoms with Gasteiger partial charge in [-0.05, 0) is 73.7 Å². The summed E-state index contributed by atoms with van der Waals surface area (Å²) in [7, 11) is 0. The fourth-order valence-corrected chi connectivity index (χ4v) is 3.52. The first-order valence-corrected chi connectivity index (χ1v) is 10.9. The molecule has 3 rings (SSSR count). The number of halogens is 3. The van der Waals surface area contributed by atoms with E-state index < -0.39 is 17.8 Å². The Labute approximate surface area is 201 Å². The zero-order valence-corrected chi connectivity index (χ0v) is 19.3. The predicted molar refractivity (Wildman–Crippen MR) is 129 cm³/mol. The van der Waals surface area contributed by atoms with Gasteiger partial charge in [-0.3, -0.25) is 4.79 Å². The summed E-state index contributed by atoms with van der Waals surface area (Å²) in [6.45, 7) is 2.70. The van der Waals surface area contributed by atoms with E-state index in [9.17, 15) is 14.0 Å². The number of hydrogen-bond donors (Lipinski definition) is 2. The van der Waals surface area contributed by atoms with Crippen molar-refractivity contribution in [2.24, 2.45) is 0 Å². The fourth-order valence-electron chi connectivity index (χ4n) is 3.03. The van der Waals surface area contributed by atoms with Crippen molar-refractivity contribution in [3.8, 4) is 5.75 Å². The van der Waals surface area contributed by atoms with Gasteiger partial charge in [-0.15, -0.1) is 0 Å². The number of urea groups is 1. The molecule has 6 nitrogen and oxygen atoms in total. The van der Waals surface area contributed by atoms with Crippen molar-refractivity contribution < 1.29 is 18.7 Å². The van der Waals surface area contributed by atoms with Crippen LogP contribution in [0.5, 0.6) is 5.75 Å². The third-order valence-electron chi connectivity index (χ3n) is 4.59. The summed E-state index contributed by atoms with van der Waals surface area (Å²) in [6.07, 6.45) is 0. The van der Waals surface area contributed by atoms with Crippen molar-refractivity contribution >= 4 is 46.5 Å². The average molecular weight is 490 g/mol. The van der Waals surface area contributed by atoms with Crippen molar-refractivity contribution in [3.63, 3.8) is 0 Å². The second-order valence-corrected chi connectivity index (χ2v) is 7.74. The summed E-state index contributed by atoms with van der Waals surface area (Å²) >= 11 is 12.1. The van der Waals surface area contributed by atoms with Crippen molar-refractivity contribution in [2.75, 3.05) is 29.9 Å². The Morgan fingerprint density at radius 1 is 1.00 bits per heavy atom. The SMILES string of the molecule is CCOc1ccc(NC(=O)NCCN(C(=O)c2ccc(Cl)cc2Cl)c2ccc(F)cc2)cc1. The molecule has 9 heteroatoms. The quantitative estimate of drug-likeness (QED) is 0.407. The van der Waals surface area contributed by atoms with Crippen LogP contribution in [-0.4, -0.2) is 31.6 Å². The number of hydrogen-bond acceptors (Lipinski definition) is 3. The number of amides is 3. The molecule has 0 aliphatic heterocycles. The van der Waals surface area contributed by atoms with E-state index in [1.165, 1.54) is 41.3 Å². The van der Waals surface area contributed by atoms with Crippen LogP contribution in [0.25, 0.3) is 0 Å². The van der Waals surface area contributed by atoms with Crippen molar-refractivity contribution in [1.29, 1.82) is 0 Å². The smallest absolute Gasteiger partial charge is 0.319 e. The molecule has 172 valence electrons. The molecule has 0 bridgehead atoms. The first-order chi connectivity index (χ1) is 15.9. The molecule has 0 aliphatic rings. The number of rotatable bonds is 8. The summed E-state index contributed by atoms with van der Waals surface area (Å²) in [5, 5.41) is 6.02. The third kappa shape index (κ3) is 6.84. The van der Waals surface area contributed by atoms with Gasteiger partial charge in [0.25, 0.3) is 5.91 Å². The summed E-state index contributed by atoms with van der Waals surface area (Å²) in [5.74, 6) is -0.127. The van der Waals surface area contributed by atoms with Gasteiger partial charge in [0.2, 0.25) is 0 Å². The second kappa shape index (κ2) is 11.5. The van der Waals surface area contributed by atoms with Gasteiger partial charge in [0.15, 0.2) is 0 Å². The van der Waals surface area contributed by atoms with Gasteiger partial charge in [-0.25, -0.2) is 9.18 Å². The van der Waals surface area contributed by atoms with Gasteiger partial charge >= 0.3 is 6.03 Å². The molecule has 3 aromatic rings. The van der Waals surface area contributed by atoms with Gasteiger partial charge in [0, 0.05) is 29.5 Å². The lowest BCUT2D eigenvalue weighted by molar-refractivity contribution is 0.0987. The molecule has 3 amide bonds. The molecule has 33 heavy (non-hydrogen) atoms. The van der Waals surface area contributed by atoms with E-state index in [2.05, 4.69) is 10.6 Å². The molecule has 0 heterocycles. The normalized spacial score (nSPS) is 10.4. The molecule has 0 unspecified atom stereocenters. The maximum atomic E-state index is 13.4. The van der Waals surface area contributed by atoms with Gasteiger partial charge in [0.05, 0.1) is 17.2 Å². The number of anilines is 2. The molecule has 0 saturated carbocycles. The van der Waals surface area contributed by atoms with Crippen LogP contribution in [0, 0.1) is 5.82 Å². The van der Waals surface area contributed by atoms with Crippen LogP contribution in [0.2, 0.25) is 10.0 Å². The van der Waals surface area contributed by atoms with Crippen LogP contribution in [-0.2, 0) is 0 Å². The van der Waals surface area contributed by atoms with E-state index in [4.69, 9.17) is 27.9 Å². The van der Waals surface area contributed by atoms with E-state index in [1.54, 1.807) is 30.3 Å². The molecule has 0 atom stereocenters. The molecule has 0 saturated heterocycles. The highest BCUT2D eigenvalue weighted by Crippen LogP contribution is 2.25. The van der Waals surface area contributed by atoms with Crippen LogP contribution in [0.4, 0.5) is 20.6 Å². The Morgan fingerprint density at radius 3 is 2.33 bits per heavy atom. The molecule has 0 fully saturated rings. The maximum absolute atomic E-state index is 13.4. The first-order valence-electron chi connectivity index (χ1n) is 10.2. The van der Waals surface area contributed by atoms with Gasteiger partial charge in [-0.1, -0.05) is 23.2 Å². The number of ether oxygens (including phenoxy) is 1. The lowest BCUT2D eigenvalue weighted by Crippen LogP contribution is -2.40. The Bertz CT molecular complexity index is 1110. The third-order valence-corrected chi connectivity index (χ3v) is 5.14. The van der Waals surface area contributed by atoms with Crippen molar-refractivity contribution in [3.05, 3.63) is 88.2 Å². The van der Waals surface area contributed by atoms with E-state index in [0.29, 0.717) is 28.8 Å². The number of benzene rings is 3. The minimum absolute atomic E-state index is 0.125. The molecule has 0 aromatic heterocycles. The Hall–Kier alpha value is -3.29. The maximum Gasteiger partial charge on any atom is 0.319 e. The summed E-state index contributed by atoms with van der Waals surface area (Å²) < 4.78 is 18.8. The molecule has 3 aromatic carbocycles. The van der Waals surface area contributed by atoms with Crippen LogP contribution < -0.4 is 20.3 Å². The number of carbonyl (C=O) groups excluding carboxylic acids is 2. The largest absolute Gasteiger partial charge is 0.494 e. The monoisotopic (exact) mass is 489 g/mol. The molecule has 0 spiro atoms. The van der Waals surface area contributed by atoms with Crippen LogP contribution >= 0.6 is 23.2 Å².